The van der Waals surface area contributed by atoms with Gasteiger partial charge in [0.05, 0.1) is 66.4 Å². The Hall–Kier alpha value is -2.68. The largest absolute Gasteiger partial charge is 0.463 e. The molecule has 5 rings (SSSR count). The normalized spacial score (nSPS) is 40.6. The van der Waals surface area contributed by atoms with Crippen LogP contribution in [0, 0.1) is 23.7 Å². The first-order valence-corrected chi connectivity index (χ1v) is 28.7. The van der Waals surface area contributed by atoms with Gasteiger partial charge in [-0.3, -0.25) is 19.2 Å². The Morgan fingerprint density at radius 2 is 1.19 bits per heavy atom. The van der Waals surface area contributed by atoms with Crippen molar-refractivity contribution < 1.29 is 107 Å². The van der Waals surface area contributed by atoms with Crippen molar-refractivity contribution in [2.24, 2.45) is 23.7 Å². The summed E-state index contributed by atoms with van der Waals surface area (Å²) < 4.78 is 69.0. The summed E-state index contributed by atoms with van der Waals surface area (Å²) in [5, 5.41) is 81.5. The number of esters is 4. The third-order valence-corrected chi connectivity index (χ3v) is 16.2. The standard InChI is InChI=1S/C55H94O22/c1-11-14-20-23-34-24-21-18-16-15-17-19-22-25-36(57)73-48-45(76-54-43(63)42(62)44(32(9)69-54)74-51(65)28(5)13-3)33(10)70-55(49(48)75-52(66)29(6)30(7)56)77-47-41(61)39(59)35(26-67-50(64)27(4)12-2)72-46(47)37-40(60)38(58)31(8)68-53(37)71-34/h27-35,37-49,53-56,58-63H,11-26H2,1-10H3/t27-,28-,29?,30+,31+,32+,33-,34?,35+,37-,38+,39+,40+,41-,42+,43+,44+,45-,46-,47+,48+,49+,53-,54-,55-/m0/s1. The lowest BCUT2D eigenvalue weighted by Crippen LogP contribution is -2.70. The Morgan fingerprint density at radius 3 is 1.84 bits per heavy atom. The van der Waals surface area contributed by atoms with Crippen molar-refractivity contribution in [3.05, 3.63) is 0 Å². The van der Waals surface area contributed by atoms with E-state index in [1.165, 1.54) is 27.7 Å². The quantitative estimate of drug-likeness (QED) is 0.0662. The van der Waals surface area contributed by atoms with E-state index in [1.54, 1.807) is 34.6 Å². The second-order valence-corrected chi connectivity index (χ2v) is 22.3. The fraction of sp³-hybridized carbons (Fsp3) is 0.927. The summed E-state index contributed by atoms with van der Waals surface area (Å²) >= 11 is 0. The molecule has 0 aromatic carbocycles. The first kappa shape index (κ1) is 65.1. The molecule has 0 aromatic heterocycles. The number of ether oxygens (including phenoxy) is 11. The van der Waals surface area contributed by atoms with Crippen LogP contribution in [0.4, 0.5) is 0 Å². The summed E-state index contributed by atoms with van der Waals surface area (Å²) in [7, 11) is 0. The van der Waals surface area contributed by atoms with Crippen LogP contribution in [0.25, 0.3) is 0 Å². The number of fused-ring (bicyclic) bond motifs is 5. The molecule has 5 saturated heterocycles. The van der Waals surface area contributed by atoms with Gasteiger partial charge in [0.1, 0.15) is 55.4 Å². The topological polar surface area (TPSA) is 311 Å². The average Bonchev–Trinajstić information content (AvgIpc) is 3.42. The summed E-state index contributed by atoms with van der Waals surface area (Å²) in [4.78, 5) is 54.0. The van der Waals surface area contributed by atoms with Gasteiger partial charge in [0.25, 0.3) is 0 Å². The minimum atomic E-state index is -1.97. The number of carbonyl (C=O) groups is 4. The van der Waals surface area contributed by atoms with E-state index in [2.05, 4.69) is 6.92 Å². The van der Waals surface area contributed by atoms with Crippen molar-refractivity contribution in [1.29, 1.82) is 0 Å². The predicted octanol–water partition coefficient (Wildman–Crippen LogP) is 3.42. The van der Waals surface area contributed by atoms with Crippen molar-refractivity contribution in [2.75, 3.05) is 6.61 Å². The lowest BCUT2D eigenvalue weighted by atomic mass is 9.80. The summed E-state index contributed by atoms with van der Waals surface area (Å²) in [5.41, 5.74) is 0. The molecule has 5 aliphatic rings. The second kappa shape index (κ2) is 30.9. The average molecular weight is 1110 g/mol. The van der Waals surface area contributed by atoms with Crippen LogP contribution in [0.2, 0.25) is 0 Å². The molecule has 25 atom stereocenters. The fourth-order valence-corrected chi connectivity index (χ4v) is 10.4. The molecule has 0 amide bonds. The highest BCUT2D eigenvalue weighted by atomic mass is 16.8. The Balaban J connectivity index is 1.63. The molecular weight excluding hydrogens is 1010 g/mol. The van der Waals surface area contributed by atoms with Gasteiger partial charge in [-0.05, 0) is 66.7 Å². The molecule has 5 heterocycles. The molecule has 2 bridgehead atoms. The van der Waals surface area contributed by atoms with Gasteiger partial charge in [-0.25, -0.2) is 0 Å². The van der Waals surface area contributed by atoms with E-state index in [0.717, 1.165) is 51.4 Å². The zero-order valence-corrected chi connectivity index (χ0v) is 47.0. The zero-order valence-electron chi connectivity index (χ0n) is 47.0. The van der Waals surface area contributed by atoms with E-state index in [1.807, 2.05) is 0 Å². The molecule has 0 aliphatic carbocycles. The predicted molar refractivity (Wildman–Crippen MR) is 272 cm³/mol. The SMILES string of the molecule is CCCCCC1CCCCCCCCCC(=O)O[C@@H]2[C@@H](O[C@@H]3O[C@H](C)[C@@H](OC(=O)[C@@H](C)CC)[C@H](O)[C@H]3O)[C@H](C)O[C@@H](O[C@@H]3[C@@H](O)[C@H](O)[C@@H](COC(=O)[C@@H](C)CC)O[C@H]3[C@H]3[C@H](O1)O[C@H](C)[C@@H](O)[C@@H]3O)[C@@H]2OC(=O)C(C)[C@@H](C)O. The van der Waals surface area contributed by atoms with Gasteiger partial charge in [-0.1, -0.05) is 92.4 Å². The molecule has 22 nitrogen and oxygen atoms in total. The van der Waals surface area contributed by atoms with Gasteiger partial charge >= 0.3 is 23.9 Å². The third kappa shape index (κ3) is 17.2. The molecule has 7 N–H and O–H groups in total. The van der Waals surface area contributed by atoms with Gasteiger partial charge in [-0.2, -0.15) is 0 Å². The lowest BCUT2D eigenvalue weighted by Gasteiger charge is -2.52. The Morgan fingerprint density at radius 1 is 0.584 bits per heavy atom. The molecule has 5 fully saturated rings. The van der Waals surface area contributed by atoms with Crippen molar-refractivity contribution in [1.82, 2.24) is 0 Å². The highest BCUT2D eigenvalue weighted by molar-refractivity contribution is 5.73. The van der Waals surface area contributed by atoms with Gasteiger partial charge in [0.2, 0.25) is 0 Å². The molecule has 2 unspecified atom stereocenters. The maximum Gasteiger partial charge on any atom is 0.311 e. The summed E-state index contributed by atoms with van der Waals surface area (Å²) in [5.74, 6) is -6.59. The van der Waals surface area contributed by atoms with E-state index in [9.17, 15) is 54.9 Å². The molecular formula is C55H94O22. The summed E-state index contributed by atoms with van der Waals surface area (Å²) in [6, 6.07) is 0. The van der Waals surface area contributed by atoms with Crippen molar-refractivity contribution >= 4 is 23.9 Å². The highest BCUT2D eigenvalue weighted by Gasteiger charge is 2.60. The van der Waals surface area contributed by atoms with E-state index in [4.69, 9.17) is 52.1 Å². The summed E-state index contributed by atoms with van der Waals surface area (Å²) in [6.45, 7) is 15.8. The van der Waals surface area contributed by atoms with Crippen molar-refractivity contribution in [3.63, 3.8) is 0 Å². The molecule has 22 heteroatoms. The van der Waals surface area contributed by atoms with Crippen LogP contribution in [0.1, 0.15) is 166 Å². The van der Waals surface area contributed by atoms with Crippen LogP contribution >= 0.6 is 0 Å². The van der Waals surface area contributed by atoms with Gasteiger partial charge in [0.15, 0.2) is 37.2 Å². The maximum absolute atomic E-state index is 14.1. The molecule has 0 saturated carbocycles. The number of hydrogen-bond acceptors (Lipinski definition) is 22. The Labute approximate surface area is 454 Å². The number of rotatable bonds is 16. The molecule has 5 aliphatic heterocycles. The first-order chi connectivity index (χ1) is 36.5. The van der Waals surface area contributed by atoms with Crippen molar-refractivity contribution in [3.8, 4) is 0 Å². The monoisotopic (exact) mass is 1110 g/mol. The van der Waals surface area contributed by atoms with E-state index in [0.29, 0.717) is 38.5 Å². The Bertz CT molecular complexity index is 1810. The van der Waals surface area contributed by atoms with Crippen LogP contribution in [0.5, 0.6) is 0 Å². The zero-order chi connectivity index (χ0) is 56.8. The van der Waals surface area contributed by atoms with Crippen LogP contribution in [-0.2, 0) is 71.3 Å². The third-order valence-electron chi connectivity index (χ3n) is 16.2. The number of unbranched alkanes of at least 4 members (excludes halogenated alkanes) is 2. The van der Waals surface area contributed by atoms with Crippen LogP contribution in [0.3, 0.4) is 0 Å². The van der Waals surface area contributed by atoms with Crippen LogP contribution in [0.15, 0.2) is 0 Å². The van der Waals surface area contributed by atoms with Crippen LogP contribution < -0.4 is 0 Å². The van der Waals surface area contributed by atoms with Crippen molar-refractivity contribution in [2.45, 2.75) is 294 Å². The van der Waals surface area contributed by atoms with Gasteiger partial charge in [-0.15, -0.1) is 0 Å². The minimum Gasteiger partial charge on any atom is -0.463 e. The molecule has 0 radical (unpaired) electrons. The molecule has 446 valence electrons. The molecule has 0 aromatic rings. The number of carbonyl (C=O) groups excluding carboxylic acids is 4. The number of hydrogen-bond donors (Lipinski definition) is 7. The van der Waals surface area contributed by atoms with E-state index in [-0.39, 0.29) is 12.5 Å². The van der Waals surface area contributed by atoms with Crippen LogP contribution in [-0.4, -0.2) is 195 Å². The second-order valence-electron chi connectivity index (χ2n) is 22.3. The lowest BCUT2D eigenvalue weighted by molar-refractivity contribution is -0.378. The maximum atomic E-state index is 14.1. The molecule has 77 heavy (non-hydrogen) atoms. The highest BCUT2D eigenvalue weighted by Crippen LogP contribution is 2.42. The summed E-state index contributed by atoms with van der Waals surface area (Å²) in [6.07, 6.45) is -21.3. The van der Waals surface area contributed by atoms with E-state index < -0.39 is 177 Å². The fourth-order valence-electron chi connectivity index (χ4n) is 10.4. The smallest absolute Gasteiger partial charge is 0.311 e. The first-order valence-electron chi connectivity index (χ1n) is 28.7. The van der Waals surface area contributed by atoms with E-state index >= 15 is 0 Å². The number of aliphatic hydroxyl groups excluding tert-OH is 7. The van der Waals surface area contributed by atoms with Gasteiger partial charge in [0, 0.05) is 6.42 Å². The number of aliphatic hydroxyl groups is 7. The Kier molecular flexibility index (Phi) is 26.2. The van der Waals surface area contributed by atoms with Gasteiger partial charge < -0.3 is 87.9 Å². The minimum absolute atomic E-state index is 0.0822. The molecule has 0 spiro atoms.